The van der Waals surface area contributed by atoms with E-state index in [2.05, 4.69) is 55.5 Å². The number of allylic oxidation sites excluding steroid dienone is 4. The van der Waals surface area contributed by atoms with E-state index in [1.54, 1.807) is 0 Å². The van der Waals surface area contributed by atoms with Gasteiger partial charge < -0.3 is 10.2 Å². The number of fused-ring (bicyclic) bond motifs is 3. The van der Waals surface area contributed by atoms with Gasteiger partial charge in [-0.1, -0.05) is 160 Å². The van der Waals surface area contributed by atoms with E-state index in [1.165, 1.54) is 5.56 Å². The van der Waals surface area contributed by atoms with Gasteiger partial charge in [-0.3, -0.25) is 14.4 Å². The topological polar surface area (TPSA) is 91.7 Å². The molecule has 276 valence electrons. The van der Waals surface area contributed by atoms with Crippen LogP contribution in [0.15, 0.2) is 121 Å². The molecule has 2 saturated carbocycles. The molecule has 3 unspecified atom stereocenters. The Morgan fingerprint density at radius 2 is 1.24 bits per heavy atom. The molecule has 4 aromatic carbocycles. The fourth-order valence-corrected chi connectivity index (χ4v) is 9.94. The summed E-state index contributed by atoms with van der Waals surface area (Å²) in [6.07, 6.45) is 15.2. The van der Waals surface area contributed by atoms with Crippen molar-refractivity contribution in [2.45, 2.75) is 101 Å². The lowest BCUT2D eigenvalue weighted by Gasteiger charge is -2.37. The van der Waals surface area contributed by atoms with E-state index in [9.17, 15) is 24.6 Å². The van der Waals surface area contributed by atoms with Gasteiger partial charge in [-0.15, -0.1) is 0 Å². The van der Waals surface area contributed by atoms with Crippen molar-refractivity contribution in [3.05, 3.63) is 154 Å². The van der Waals surface area contributed by atoms with E-state index >= 15 is 0 Å². The van der Waals surface area contributed by atoms with Crippen molar-refractivity contribution < 1.29 is 24.6 Å². The van der Waals surface area contributed by atoms with Crippen molar-refractivity contribution in [1.29, 1.82) is 0 Å². The molecule has 0 heterocycles. The molecule has 4 aromatic rings. The second-order valence-electron chi connectivity index (χ2n) is 16.5. The Morgan fingerprint density at radius 1 is 0.630 bits per heavy atom. The van der Waals surface area contributed by atoms with Crippen molar-refractivity contribution in [3.63, 3.8) is 0 Å². The van der Waals surface area contributed by atoms with E-state index in [-0.39, 0.29) is 29.2 Å². The van der Waals surface area contributed by atoms with Crippen LogP contribution in [0.25, 0.3) is 11.1 Å². The van der Waals surface area contributed by atoms with Gasteiger partial charge in [-0.05, 0) is 78.3 Å². The quantitative estimate of drug-likeness (QED) is 0.159. The summed E-state index contributed by atoms with van der Waals surface area (Å²) in [6.45, 7) is 2.08. The van der Waals surface area contributed by atoms with Gasteiger partial charge in [0, 0.05) is 28.0 Å². The zero-order valence-corrected chi connectivity index (χ0v) is 31.2. The van der Waals surface area contributed by atoms with Gasteiger partial charge in [-0.2, -0.15) is 0 Å². The summed E-state index contributed by atoms with van der Waals surface area (Å²) in [5, 5.41) is 22.6. The monoisotopic (exact) mass is 718 g/mol. The molecule has 5 heteroatoms. The highest BCUT2D eigenvalue weighted by Gasteiger charge is 2.46. The maximum Gasteiger partial charge on any atom is 0.194 e. The molecule has 4 aliphatic rings. The average molecular weight is 719 g/mol. The first-order valence-electron chi connectivity index (χ1n) is 20.0. The largest absolute Gasteiger partial charge is 0.382 e. The highest BCUT2D eigenvalue weighted by Crippen LogP contribution is 2.54. The molecule has 54 heavy (non-hydrogen) atoms. The smallest absolute Gasteiger partial charge is 0.194 e. The van der Waals surface area contributed by atoms with Crippen LogP contribution < -0.4 is 0 Å². The van der Waals surface area contributed by atoms with Crippen molar-refractivity contribution in [2.75, 3.05) is 0 Å². The summed E-state index contributed by atoms with van der Waals surface area (Å²) in [5.41, 5.74) is 5.34. The molecule has 5 nitrogen and oxygen atoms in total. The predicted octanol–water partition coefficient (Wildman–Crippen LogP) is 9.71. The van der Waals surface area contributed by atoms with Crippen molar-refractivity contribution >= 4 is 17.3 Å². The Bertz CT molecular complexity index is 2130. The molecule has 0 bridgehead atoms. The summed E-state index contributed by atoms with van der Waals surface area (Å²) < 4.78 is 0. The number of carbonyl (C=O) groups excluding carboxylic acids is 3. The maximum atomic E-state index is 13.9. The van der Waals surface area contributed by atoms with E-state index < -0.39 is 16.6 Å². The van der Waals surface area contributed by atoms with Crippen LogP contribution in [-0.4, -0.2) is 38.8 Å². The van der Waals surface area contributed by atoms with Crippen LogP contribution in [0.5, 0.6) is 0 Å². The Balaban J connectivity index is 1.19. The van der Waals surface area contributed by atoms with Gasteiger partial charge >= 0.3 is 0 Å². The number of aliphatic hydroxyl groups is 2. The molecule has 0 radical (unpaired) electrons. The van der Waals surface area contributed by atoms with Crippen molar-refractivity contribution in [1.82, 2.24) is 0 Å². The van der Waals surface area contributed by atoms with Gasteiger partial charge in [0.2, 0.25) is 0 Å². The Labute approximate surface area is 318 Å². The van der Waals surface area contributed by atoms with Crippen molar-refractivity contribution in [2.24, 2.45) is 11.8 Å². The van der Waals surface area contributed by atoms with Crippen LogP contribution in [0.4, 0.5) is 0 Å². The third-order valence-corrected chi connectivity index (χ3v) is 12.9. The number of Topliss-reactive ketones (excluding diaryl/α,β-unsaturated/α-hetero) is 2. The average Bonchev–Trinajstić information content (AvgIpc) is 3.46. The van der Waals surface area contributed by atoms with Gasteiger partial charge in [0.05, 0.1) is 0 Å². The number of benzene rings is 4. The molecule has 4 aliphatic carbocycles. The number of hydrogen-bond acceptors (Lipinski definition) is 5. The molecule has 0 amide bonds. The second kappa shape index (κ2) is 14.5. The Kier molecular flexibility index (Phi) is 9.74. The molecule has 2 N–H and O–H groups in total. The predicted molar refractivity (Wildman–Crippen MR) is 213 cm³/mol. The summed E-state index contributed by atoms with van der Waals surface area (Å²) in [4.78, 5) is 41.2. The molecule has 0 aliphatic heterocycles. The molecule has 0 saturated heterocycles. The van der Waals surface area contributed by atoms with E-state index in [1.807, 2.05) is 66.7 Å². The summed E-state index contributed by atoms with van der Waals surface area (Å²) in [7, 11) is 0. The zero-order valence-electron chi connectivity index (χ0n) is 31.2. The highest BCUT2D eigenvalue weighted by atomic mass is 16.3. The summed E-state index contributed by atoms with van der Waals surface area (Å²) in [5.74, 6) is -0.755. The van der Waals surface area contributed by atoms with Crippen LogP contribution in [0.2, 0.25) is 0 Å². The lowest BCUT2D eigenvalue weighted by Crippen LogP contribution is -2.45. The maximum absolute atomic E-state index is 13.9. The van der Waals surface area contributed by atoms with Crippen LogP contribution in [-0.2, 0) is 16.6 Å². The first kappa shape index (κ1) is 36.3. The van der Waals surface area contributed by atoms with E-state index in [4.69, 9.17) is 0 Å². The summed E-state index contributed by atoms with van der Waals surface area (Å²) >= 11 is 0. The van der Waals surface area contributed by atoms with Gasteiger partial charge in [0.1, 0.15) is 11.2 Å². The fraction of sp³-hybridized carbons (Fsp3) is 0.367. The second-order valence-corrected chi connectivity index (χ2v) is 16.5. The molecule has 0 spiro atoms. The van der Waals surface area contributed by atoms with Gasteiger partial charge in [-0.25, -0.2) is 0 Å². The third kappa shape index (κ3) is 6.56. The fourth-order valence-electron chi connectivity index (χ4n) is 9.94. The first-order chi connectivity index (χ1) is 26.1. The van der Waals surface area contributed by atoms with Crippen LogP contribution in [0.3, 0.4) is 0 Å². The number of hydrogen-bond donors (Lipinski definition) is 2. The van der Waals surface area contributed by atoms with Crippen molar-refractivity contribution in [3.8, 4) is 11.1 Å². The molecular weight excluding hydrogens is 669 g/mol. The van der Waals surface area contributed by atoms with Gasteiger partial charge in [0.15, 0.2) is 17.3 Å². The summed E-state index contributed by atoms with van der Waals surface area (Å²) in [6, 6.07) is 31.8. The van der Waals surface area contributed by atoms with Crippen LogP contribution in [0.1, 0.15) is 121 Å². The van der Waals surface area contributed by atoms with Crippen LogP contribution >= 0.6 is 0 Å². The molecular formula is C49H50O5. The number of ketones is 3. The normalized spacial score (nSPS) is 23.9. The Morgan fingerprint density at radius 3 is 1.93 bits per heavy atom. The minimum Gasteiger partial charge on any atom is -0.382 e. The molecule has 3 atom stereocenters. The number of carbonyl (C=O) groups is 3. The lowest BCUT2D eigenvalue weighted by molar-refractivity contribution is -0.144. The van der Waals surface area contributed by atoms with E-state index in [0.29, 0.717) is 55.2 Å². The standard InChI is InChI=1S/C49H50O5/c1-33-29-35(19-23-39(33)46(52)49(54)27-11-4-12-28-49)32-47(31-34-17-20-37(21-18-34)45(51)48(53)25-9-3-10-26-48)42-16-8-7-15-40(42)41-24-22-38(30-43(41)47)44(50)36-13-5-2-6-14-36/h2,5-8,13-24,29-30,33,39,53-54H,3-4,9-12,25-28,31-32H2,1H3. The molecule has 8 rings (SSSR count). The highest BCUT2D eigenvalue weighted by molar-refractivity contribution is 6.09. The SMILES string of the molecule is CC1C=C(CC2(Cc3ccc(C(=O)C4(O)CCCCC4)cc3)c3ccccc3-c3ccc(C(=O)c4ccccc4)cc32)C=CC1C(=O)C1(O)CCCCC1. The van der Waals surface area contributed by atoms with E-state index in [0.717, 1.165) is 66.4 Å². The molecule has 2 fully saturated rings. The first-order valence-corrected chi connectivity index (χ1v) is 20.0. The lowest BCUT2D eigenvalue weighted by atomic mass is 9.67. The minimum atomic E-state index is -1.30. The zero-order chi connectivity index (χ0) is 37.5. The molecule has 0 aromatic heterocycles. The Hall–Kier alpha value is -4.71. The number of rotatable bonds is 10. The third-order valence-electron chi connectivity index (χ3n) is 12.9. The van der Waals surface area contributed by atoms with Crippen LogP contribution in [0, 0.1) is 11.8 Å². The minimum absolute atomic E-state index is 0.0285. The van der Waals surface area contributed by atoms with Gasteiger partial charge in [0.25, 0.3) is 0 Å².